The van der Waals surface area contributed by atoms with Crippen LogP contribution in [0.1, 0.15) is 16.1 Å². The fourth-order valence-electron chi connectivity index (χ4n) is 2.39. The van der Waals surface area contributed by atoms with Crippen molar-refractivity contribution in [2.45, 2.75) is 32.5 Å². The molecule has 3 heterocycles. The molecule has 0 N–H and O–H groups in total. The average Bonchev–Trinajstić information content (AvgIpc) is 2.97. The molecule has 0 spiro atoms. The van der Waals surface area contributed by atoms with Crippen molar-refractivity contribution in [3.05, 3.63) is 41.5 Å². The van der Waals surface area contributed by atoms with E-state index < -0.39 is 0 Å². The molecule has 0 unspecified atom stereocenters. The number of hydrogen-bond donors (Lipinski definition) is 0. The molecule has 0 saturated heterocycles. The van der Waals surface area contributed by atoms with Crippen LogP contribution < -0.4 is 10.4 Å². The second-order valence-electron chi connectivity index (χ2n) is 5.37. The molecule has 0 radical (unpaired) electrons. The number of fused-ring (bicyclic) bond motifs is 1. The zero-order chi connectivity index (χ0) is 16.7. The van der Waals surface area contributed by atoms with Crippen molar-refractivity contribution in [1.29, 1.82) is 0 Å². The zero-order valence-corrected chi connectivity index (χ0v) is 15.8. The van der Waals surface area contributed by atoms with Gasteiger partial charge in [0.15, 0.2) is 5.16 Å². The first-order chi connectivity index (χ1) is 10.9. The van der Waals surface area contributed by atoms with Crippen LogP contribution in [0.15, 0.2) is 20.1 Å². The molecule has 122 valence electrons. The summed E-state index contributed by atoms with van der Waals surface area (Å²) in [4.78, 5) is 30.9. The largest absolute Gasteiger partial charge is 0.307 e. The van der Waals surface area contributed by atoms with Crippen molar-refractivity contribution < 1.29 is 0 Å². The Bertz CT molecular complexity index is 994. The molecule has 5 nitrogen and oxygen atoms in total. The van der Waals surface area contributed by atoms with E-state index in [1.54, 1.807) is 27.5 Å². The molecule has 0 fully saturated rings. The second kappa shape index (κ2) is 6.26. The van der Waals surface area contributed by atoms with Crippen LogP contribution in [0.25, 0.3) is 10.2 Å². The molecule has 0 aromatic carbocycles. The van der Waals surface area contributed by atoms with Crippen molar-refractivity contribution >= 4 is 44.7 Å². The first-order valence-corrected chi connectivity index (χ1v) is 9.82. The monoisotopic (exact) mass is 367 g/mol. The van der Waals surface area contributed by atoms with Crippen LogP contribution in [0.5, 0.6) is 0 Å². The number of thiazole rings is 1. The Balaban J connectivity index is 1.88. The lowest BCUT2D eigenvalue weighted by atomic mass is 10.2. The summed E-state index contributed by atoms with van der Waals surface area (Å²) < 4.78 is 3.36. The van der Waals surface area contributed by atoms with E-state index >= 15 is 0 Å². The van der Waals surface area contributed by atoms with Crippen molar-refractivity contribution in [2.24, 2.45) is 7.05 Å². The predicted octanol–water partition coefficient (Wildman–Crippen LogP) is 2.94. The highest BCUT2D eigenvalue weighted by molar-refractivity contribution is 7.99. The third-order valence-corrected chi connectivity index (χ3v) is 6.88. The number of hydrogen-bond acceptors (Lipinski definition) is 6. The van der Waals surface area contributed by atoms with Crippen LogP contribution >= 0.6 is 34.4 Å². The van der Waals surface area contributed by atoms with Gasteiger partial charge >= 0.3 is 4.87 Å². The van der Waals surface area contributed by atoms with Gasteiger partial charge in [-0.3, -0.25) is 14.2 Å². The minimum absolute atomic E-state index is 0.00299. The molecule has 3 aromatic heterocycles. The van der Waals surface area contributed by atoms with Crippen LogP contribution in [0.2, 0.25) is 0 Å². The number of thiophene rings is 1. The van der Waals surface area contributed by atoms with Crippen molar-refractivity contribution in [3.8, 4) is 0 Å². The van der Waals surface area contributed by atoms with E-state index in [9.17, 15) is 9.59 Å². The normalized spacial score (nSPS) is 11.5. The van der Waals surface area contributed by atoms with Crippen molar-refractivity contribution in [2.75, 3.05) is 5.75 Å². The molecule has 3 rings (SSSR count). The summed E-state index contributed by atoms with van der Waals surface area (Å²) >= 11 is 4.29. The maximum Gasteiger partial charge on any atom is 0.307 e. The van der Waals surface area contributed by atoms with E-state index in [1.165, 1.54) is 23.1 Å². The van der Waals surface area contributed by atoms with E-state index in [-0.39, 0.29) is 10.4 Å². The molecule has 0 aliphatic carbocycles. The first kappa shape index (κ1) is 16.5. The molecule has 8 heteroatoms. The van der Waals surface area contributed by atoms with Gasteiger partial charge in [0, 0.05) is 35.3 Å². The smallest absolute Gasteiger partial charge is 0.303 e. The Kier molecular flexibility index (Phi) is 4.48. The van der Waals surface area contributed by atoms with Crippen molar-refractivity contribution in [3.63, 3.8) is 0 Å². The van der Waals surface area contributed by atoms with Gasteiger partial charge in [-0.2, -0.15) is 0 Å². The molecule has 0 saturated carbocycles. The highest BCUT2D eigenvalue weighted by atomic mass is 32.2. The highest BCUT2D eigenvalue weighted by Gasteiger charge is 2.15. The minimum Gasteiger partial charge on any atom is -0.303 e. The Morgan fingerprint density at radius 3 is 2.65 bits per heavy atom. The Morgan fingerprint density at radius 1 is 1.26 bits per heavy atom. The van der Waals surface area contributed by atoms with Gasteiger partial charge in [-0.05, 0) is 26.3 Å². The lowest BCUT2D eigenvalue weighted by Crippen LogP contribution is -2.20. The van der Waals surface area contributed by atoms with Gasteiger partial charge in [-0.15, -0.1) is 11.3 Å². The Hall–Kier alpha value is -1.38. The fourth-order valence-corrected chi connectivity index (χ4v) is 5.12. The molecule has 0 bridgehead atoms. The first-order valence-electron chi connectivity index (χ1n) is 7.14. The molecular formula is C15H17N3O2S3. The summed E-state index contributed by atoms with van der Waals surface area (Å²) in [6.07, 6.45) is 0. The van der Waals surface area contributed by atoms with Gasteiger partial charge in [-0.25, -0.2) is 4.98 Å². The third-order valence-electron chi connectivity index (χ3n) is 3.89. The van der Waals surface area contributed by atoms with E-state index in [0.717, 1.165) is 26.4 Å². The second-order valence-corrected chi connectivity index (χ2v) is 8.45. The summed E-state index contributed by atoms with van der Waals surface area (Å²) in [6, 6.07) is 0. The third kappa shape index (κ3) is 2.90. The van der Waals surface area contributed by atoms with Gasteiger partial charge in [0.25, 0.3) is 5.56 Å². The number of thioether (sulfide) groups is 1. The van der Waals surface area contributed by atoms with E-state index in [2.05, 4.69) is 4.98 Å². The molecule has 0 atom stereocenters. The van der Waals surface area contributed by atoms with Gasteiger partial charge in [0.1, 0.15) is 4.83 Å². The van der Waals surface area contributed by atoms with Crippen molar-refractivity contribution in [1.82, 2.24) is 14.1 Å². The predicted molar refractivity (Wildman–Crippen MR) is 98.4 cm³/mol. The number of rotatable bonds is 4. The van der Waals surface area contributed by atoms with Gasteiger partial charge < -0.3 is 4.57 Å². The van der Waals surface area contributed by atoms with E-state index in [4.69, 9.17) is 0 Å². The maximum absolute atomic E-state index is 12.5. The fraction of sp³-hybridized carbons (Fsp3) is 0.400. The summed E-state index contributed by atoms with van der Waals surface area (Å²) in [5.41, 5.74) is 2.00. The van der Waals surface area contributed by atoms with Gasteiger partial charge in [0.05, 0.1) is 5.39 Å². The van der Waals surface area contributed by atoms with E-state index in [0.29, 0.717) is 17.5 Å². The number of aromatic nitrogens is 3. The quantitative estimate of drug-likeness (QED) is 0.525. The average molecular weight is 368 g/mol. The molecule has 3 aromatic rings. The molecule has 0 aliphatic heterocycles. The van der Waals surface area contributed by atoms with Crippen LogP contribution in [-0.2, 0) is 13.6 Å². The summed E-state index contributed by atoms with van der Waals surface area (Å²) in [5, 5.41) is 3.29. The Labute approximate surface area is 145 Å². The Morgan fingerprint density at radius 2 is 2.00 bits per heavy atom. The summed E-state index contributed by atoms with van der Waals surface area (Å²) in [6.45, 7) is 6.53. The topological polar surface area (TPSA) is 56.9 Å². The number of nitrogens with zero attached hydrogens (tertiary/aromatic N) is 3. The number of aryl methyl sites for hydroxylation is 3. The standard InChI is InChI=1S/C15H17N3O2S3/c1-8-7-22-15(20)18(8)5-6-21-14-16-12-11(13(19)17(14)4)9(2)10(3)23-12/h7H,5-6H2,1-4H3. The van der Waals surface area contributed by atoms with Gasteiger partial charge in [0.2, 0.25) is 0 Å². The zero-order valence-electron chi connectivity index (χ0n) is 13.4. The minimum atomic E-state index is 0.00299. The molecule has 23 heavy (non-hydrogen) atoms. The highest BCUT2D eigenvalue weighted by Crippen LogP contribution is 2.28. The molecule has 0 aliphatic rings. The van der Waals surface area contributed by atoms with Gasteiger partial charge in [-0.1, -0.05) is 23.1 Å². The van der Waals surface area contributed by atoms with Crippen LogP contribution in [0.4, 0.5) is 0 Å². The van der Waals surface area contributed by atoms with E-state index in [1.807, 2.05) is 26.2 Å². The maximum atomic E-state index is 12.5. The van der Waals surface area contributed by atoms with Crippen LogP contribution in [0, 0.1) is 20.8 Å². The molecule has 0 amide bonds. The van der Waals surface area contributed by atoms with Crippen LogP contribution in [0.3, 0.4) is 0 Å². The lowest BCUT2D eigenvalue weighted by molar-refractivity contribution is 0.711. The lowest BCUT2D eigenvalue weighted by Gasteiger charge is -2.08. The van der Waals surface area contributed by atoms with Crippen LogP contribution in [-0.4, -0.2) is 19.9 Å². The summed E-state index contributed by atoms with van der Waals surface area (Å²) in [7, 11) is 1.76. The molecular weight excluding hydrogens is 350 g/mol. The SMILES string of the molecule is Cc1sc2nc(SCCn3c(C)csc3=O)n(C)c(=O)c2c1C. The summed E-state index contributed by atoms with van der Waals surface area (Å²) in [5.74, 6) is 0.701.